The maximum atomic E-state index is 10.7. The third kappa shape index (κ3) is 17.2. The monoisotopic (exact) mass is 668 g/mol. The molecule has 0 spiro atoms. The molecule has 1 saturated carbocycles. The van der Waals surface area contributed by atoms with Crippen molar-refractivity contribution >= 4 is 0 Å². The summed E-state index contributed by atoms with van der Waals surface area (Å²) in [4.78, 5) is 2.02. The minimum Gasteiger partial charge on any atom is -0.396 e. The van der Waals surface area contributed by atoms with Gasteiger partial charge in [0.05, 0.1) is 49.8 Å². The van der Waals surface area contributed by atoms with Gasteiger partial charge in [0.25, 0.3) is 0 Å². The Morgan fingerprint density at radius 2 is 1.35 bits per heavy atom. The summed E-state index contributed by atoms with van der Waals surface area (Å²) >= 11 is 0. The lowest BCUT2D eigenvalue weighted by molar-refractivity contribution is -0.0578. The summed E-state index contributed by atoms with van der Waals surface area (Å²) in [5, 5.41) is 104. The smallest absolute Gasteiger partial charge is 0.103 e. The molecular formula is C32H68N4O10. The predicted molar refractivity (Wildman–Crippen MR) is 175 cm³/mol. The topological polar surface area (TPSA) is 238 Å². The second kappa shape index (κ2) is 23.7. The zero-order valence-corrected chi connectivity index (χ0v) is 28.5. The van der Waals surface area contributed by atoms with Crippen LogP contribution in [0, 0.1) is 23.7 Å². The molecule has 1 aliphatic rings. The van der Waals surface area contributed by atoms with Gasteiger partial charge in [-0.15, -0.1) is 0 Å². The molecule has 276 valence electrons. The summed E-state index contributed by atoms with van der Waals surface area (Å²) in [7, 11) is 0. The van der Waals surface area contributed by atoms with E-state index in [-0.39, 0.29) is 43.7 Å². The molecule has 0 saturated heterocycles. The van der Waals surface area contributed by atoms with Gasteiger partial charge in [-0.05, 0) is 70.4 Å². The van der Waals surface area contributed by atoms with E-state index in [1.807, 2.05) is 11.8 Å². The van der Waals surface area contributed by atoms with E-state index in [4.69, 9.17) is 10.8 Å². The van der Waals surface area contributed by atoms with Crippen LogP contribution in [-0.4, -0.2) is 181 Å². The van der Waals surface area contributed by atoms with Crippen LogP contribution < -0.4 is 5.73 Å². The van der Waals surface area contributed by atoms with Gasteiger partial charge in [0.2, 0.25) is 0 Å². The Kier molecular flexibility index (Phi) is 22.4. The Morgan fingerprint density at radius 3 is 1.93 bits per heavy atom. The van der Waals surface area contributed by atoms with Crippen molar-refractivity contribution in [2.45, 2.75) is 108 Å². The molecule has 1 fully saturated rings. The number of rotatable bonds is 29. The zero-order chi connectivity index (χ0) is 34.8. The summed E-state index contributed by atoms with van der Waals surface area (Å²) in [6.45, 7) is 9.08. The van der Waals surface area contributed by atoms with E-state index in [0.717, 1.165) is 19.4 Å². The molecule has 0 aromatic carbocycles. The molecule has 0 bridgehead atoms. The van der Waals surface area contributed by atoms with Crippen molar-refractivity contribution < 1.29 is 51.1 Å². The number of aliphatic hydroxyl groups is 10. The third-order valence-corrected chi connectivity index (χ3v) is 9.09. The van der Waals surface area contributed by atoms with Crippen LogP contribution in [0.4, 0.5) is 0 Å². The van der Waals surface area contributed by atoms with Gasteiger partial charge in [-0.3, -0.25) is 0 Å². The standard InChI is InChI=1S/C32H68N4O10/c1-22(14-24(3)40)6-12-35(36(10-4-8-33)17-23(2)15-28(43)29(44)20-38)11-5-9-34(18-26(42)16-25(41)7-13-37)19-27-31(32(27)46)30(45)21-39/h22-32,37-46H,4-21,33H2,1-3H3. The maximum Gasteiger partial charge on any atom is 0.103 e. The lowest BCUT2D eigenvalue weighted by Gasteiger charge is -2.38. The van der Waals surface area contributed by atoms with Crippen LogP contribution in [0.2, 0.25) is 0 Å². The molecular weight excluding hydrogens is 600 g/mol. The van der Waals surface area contributed by atoms with E-state index >= 15 is 0 Å². The molecule has 0 aromatic heterocycles. The van der Waals surface area contributed by atoms with Crippen LogP contribution in [0.25, 0.3) is 0 Å². The first-order chi connectivity index (χ1) is 21.8. The Hall–Kier alpha value is -0.560. The number of nitrogens with two attached hydrogens (primary N) is 1. The average Bonchev–Trinajstić information content (AvgIpc) is 3.63. The molecule has 14 nitrogen and oxygen atoms in total. The highest BCUT2D eigenvalue weighted by atomic mass is 16.4. The summed E-state index contributed by atoms with van der Waals surface area (Å²) in [6.07, 6.45) is -2.60. The Labute approximate surface area is 276 Å². The lowest BCUT2D eigenvalue weighted by atomic mass is 9.99. The van der Waals surface area contributed by atoms with E-state index < -0.39 is 61.9 Å². The molecule has 46 heavy (non-hydrogen) atoms. The van der Waals surface area contributed by atoms with Crippen LogP contribution in [0.1, 0.15) is 65.7 Å². The number of aliphatic hydroxyl groups excluding tert-OH is 10. The van der Waals surface area contributed by atoms with Crippen molar-refractivity contribution in [2.75, 3.05) is 72.2 Å². The number of nitrogens with zero attached hydrogens (tertiary/aromatic N) is 3. The summed E-state index contributed by atoms with van der Waals surface area (Å²) in [5.41, 5.74) is 5.88. The highest BCUT2D eigenvalue weighted by Crippen LogP contribution is 2.42. The van der Waals surface area contributed by atoms with Crippen molar-refractivity contribution in [3.05, 3.63) is 0 Å². The molecule has 12 N–H and O–H groups in total. The third-order valence-electron chi connectivity index (χ3n) is 9.09. The van der Waals surface area contributed by atoms with E-state index in [0.29, 0.717) is 58.5 Å². The highest BCUT2D eigenvalue weighted by Gasteiger charge is 2.53. The maximum absolute atomic E-state index is 10.7. The quantitative estimate of drug-likeness (QED) is 0.0371. The van der Waals surface area contributed by atoms with Gasteiger partial charge in [0.15, 0.2) is 0 Å². The molecule has 11 atom stereocenters. The van der Waals surface area contributed by atoms with Crippen molar-refractivity contribution in [1.29, 1.82) is 0 Å². The van der Waals surface area contributed by atoms with Crippen LogP contribution in [-0.2, 0) is 0 Å². The van der Waals surface area contributed by atoms with Gasteiger partial charge in [-0.25, -0.2) is 10.0 Å². The van der Waals surface area contributed by atoms with Gasteiger partial charge in [-0.2, -0.15) is 0 Å². The molecule has 0 heterocycles. The first-order valence-corrected chi connectivity index (χ1v) is 17.3. The van der Waals surface area contributed by atoms with E-state index in [2.05, 4.69) is 16.9 Å². The Bertz CT molecular complexity index is 760. The first-order valence-electron chi connectivity index (χ1n) is 17.3. The molecule has 0 radical (unpaired) electrons. The predicted octanol–water partition coefficient (Wildman–Crippen LogP) is -2.46. The summed E-state index contributed by atoms with van der Waals surface area (Å²) in [6, 6.07) is 0. The average molecular weight is 669 g/mol. The Morgan fingerprint density at radius 1 is 0.674 bits per heavy atom. The molecule has 11 unspecified atom stereocenters. The fourth-order valence-corrected chi connectivity index (χ4v) is 6.44. The molecule has 14 heteroatoms. The van der Waals surface area contributed by atoms with Crippen LogP contribution >= 0.6 is 0 Å². The van der Waals surface area contributed by atoms with Gasteiger partial charge >= 0.3 is 0 Å². The molecule has 1 aliphatic carbocycles. The van der Waals surface area contributed by atoms with Crippen LogP contribution in [0.3, 0.4) is 0 Å². The van der Waals surface area contributed by atoms with Gasteiger partial charge in [0, 0.05) is 64.1 Å². The minimum absolute atomic E-state index is 0.00500. The van der Waals surface area contributed by atoms with Crippen molar-refractivity contribution in [3.8, 4) is 0 Å². The second-order valence-electron chi connectivity index (χ2n) is 13.8. The number of hydrogen-bond acceptors (Lipinski definition) is 14. The van der Waals surface area contributed by atoms with Crippen LogP contribution in [0.5, 0.6) is 0 Å². The largest absolute Gasteiger partial charge is 0.396 e. The number of hydrogen-bond donors (Lipinski definition) is 11. The second-order valence-corrected chi connectivity index (χ2v) is 13.8. The van der Waals surface area contributed by atoms with Crippen LogP contribution in [0.15, 0.2) is 0 Å². The molecule has 0 aliphatic heterocycles. The minimum atomic E-state index is -1.20. The van der Waals surface area contributed by atoms with E-state index in [9.17, 15) is 46.0 Å². The van der Waals surface area contributed by atoms with Gasteiger partial charge in [0.1, 0.15) is 6.10 Å². The highest BCUT2D eigenvalue weighted by molar-refractivity contribution is 5.02. The van der Waals surface area contributed by atoms with Crippen molar-refractivity contribution in [1.82, 2.24) is 14.9 Å². The van der Waals surface area contributed by atoms with Gasteiger partial charge < -0.3 is 61.7 Å². The van der Waals surface area contributed by atoms with E-state index in [1.54, 1.807) is 6.92 Å². The SMILES string of the molecule is CC(O)CC(C)CCN(CCCN(CC(O)CC(O)CCO)CC1C(O)C1C(O)CO)N(CCCN)CC(C)CC(O)C(O)CO. The fraction of sp³-hybridized carbons (Fsp3) is 1.00. The number of hydrazine groups is 1. The molecule has 1 rings (SSSR count). The lowest BCUT2D eigenvalue weighted by Crippen LogP contribution is -2.48. The van der Waals surface area contributed by atoms with Gasteiger partial charge in [-0.1, -0.05) is 13.8 Å². The fourth-order valence-electron chi connectivity index (χ4n) is 6.44. The molecule has 0 aromatic rings. The van der Waals surface area contributed by atoms with E-state index in [1.165, 1.54) is 0 Å². The Balaban J connectivity index is 3.05. The molecule has 0 amide bonds. The van der Waals surface area contributed by atoms with Crippen molar-refractivity contribution in [3.63, 3.8) is 0 Å². The summed E-state index contributed by atoms with van der Waals surface area (Å²) < 4.78 is 0. The summed E-state index contributed by atoms with van der Waals surface area (Å²) in [5.74, 6) is -0.420. The first kappa shape index (κ1) is 43.5. The normalized spacial score (nSPS) is 23.8. The zero-order valence-electron chi connectivity index (χ0n) is 28.5. The van der Waals surface area contributed by atoms with Crippen molar-refractivity contribution in [2.24, 2.45) is 29.4 Å².